The molecule has 0 radical (unpaired) electrons. The molecule has 0 aromatic rings. The number of carbonyl (C=O) groups is 2. The maximum absolute atomic E-state index is 11.3. The molecule has 0 aliphatic heterocycles. The number of aliphatic hydroxyl groups is 1. The van der Waals surface area contributed by atoms with Gasteiger partial charge < -0.3 is 25.6 Å². The van der Waals surface area contributed by atoms with Crippen LogP contribution in [0.15, 0.2) is 0 Å². The van der Waals surface area contributed by atoms with Crippen LogP contribution in [0.1, 0.15) is 26.7 Å². The normalized spacial score (nSPS) is 13.7. The van der Waals surface area contributed by atoms with E-state index >= 15 is 0 Å². The maximum Gasteiger partial charge on any atom is 0.314 e. The molecule has 0 aromatic carbocycles. The molecule has 0 fully saturated rings. The Morgan fingerprint density at radius 2 is 2.00 bits per heavy atom. The van der Waals surface area contributed by atoms with Gasteiger partial charge in [-0.25, -0.2) is 4.79 Å². The van der Waals surface area contributed by atoms with Crippen molar-refractivity contribution < 1.29 is 24.5 Å². The average Bonchev–Trinajstić information content (AvgIpc) is 2.24. The van der Waals surface area contributed by atoms with E-state index in [1.165, 1.54) is 6.92 Å². The van der Waals surface area contributed by atoms with Gasteiger partial charge in [0.2, 0.25) is 0 Å². The summed E-state index contributed by atoms with van der Waals surface area (Å²) in [6.07, 6.45) is 0.282. The molecule has 106 valence electrons. The molecule has 0 heterocycles. The lowest BCUT2D eigenvalue weighted by Gasteiger charge is -2.21. The zero-order valence-electron chi connectivity index (χ0n) is 10.9. The van der Waals surface area contributed by atoms with Crippen molar-refractivity contribution in [3.05, 3.63) is 0 Å². The number of rotatable bonds is 9. The number of nitrogens with one attached hydrogen (secondary N) is 2. The van der Waals surface area contributed by atoms with Crippen molar-refractivity contribution in [3.63, 3.8) is 0 Å². The van der Waals surface area contributed by atoms with E-state index in [0.29, 0.717) is 26.2 Å². The fraction of sp³-hybridized carbons (Fsp3) is 0.818. The molecule has 4 N–H and O–H groups in total. The van der Waals surface area contributed by atoms with Crippen LogP contribution in [-0.2, 0) is 9.53 Å². The Hall–Kier alpha value is -1.34. The second-order valence-electron chi connectivity index (χ2n) is 4.23. The second kappa shape index (κ2) is 8.71. The summed E-state index contributed by atoms with van der Waals surface area (Å²) in [6.45, 7) is 4.82. The standard InChI is InChI=1S/C11H22N2O5/c1-3-18-6-4-5-12-10(16)13-8-11(2,17)7-9(14)15/h17H,3-8H2,1-2H3,(H,14,15)(H2,12,13,16). The summed E-state index contributed by atoms with van der Waals surface area (Å²) in [7, 11) is 0. The average molecular weight is 262 g/mol. The third-order valence-electron chi connectivity index (χ3n) is 2.12. The van der Waals surface area contributed by atoms with Crippen LogP contribution in [0.3, 0.4) is 0 Å². The van der Waals surface area contributed by atoms with Crippen LogP contribution in [0.2, 0.25) is 0 Å². The SMILES string of the molecule is CCOCCCNC(=O)NCC(C)(O)CC(=O)O. The number of amides is 2. The van der Waals surface area contributed by atoms with Crippen molar-refractivity contribution in [1.29, 1.82) is 0 Å². The third-order valence-corrected chi connectivity index (χ3v) is 2.12. The van der Waals surface area contributed by atoms with Crippen molar-refractivity contribution in [2.45, 2.75) is 32.3 Å². The Morgan fingerprint density at radius 1 is 1.33 bits per heavy atom. The Kier molecular flexibility index (Phi) is 8.06. The molecular formula is C11H22N2O5. The Bertz CT molecular complexity index is 268. The summed E-state index contributed by atoms with van der Waals surface area (Å²) in [4.78, 5) is 21.7. The van der Waals surface area contributed by atoms with Gasteiger partial charge in [0.25, 0.3) is 0 Å². The zero-order chi connectivity index (χ0) is 14.0. The van der Waals surface area contributed by atoms with Gasteiger partial charge in [0.05, 0.1) is 12.0 Å². The summed E-state index contributed by atoms with van der Waals surface area (Å²) in [6, 6.07) is -0.433. The van der Waals surface area contributed by atoms with Gasteiger partial charge >= 0.3 is 12.0 Å². The summed E-state index contributed by atoms with van der Waals surface area (Å²) < 4.78 is 5.10. The first-order valence-corrected chi connectivity index (χ1v) is 5.91. The van der Waals surface area contributed by atoms with E-state index in [2.05, 4.69) is 10.6 Å². The number of aliphatic carboxylic acids is 1. The summed E-state index contributed by atoms with van der Waals surface area (Å²) in [5.41, 5.74) is -1.45. The van der Waals surface area contributed by atoms with Crippen molar-refractivity contribution in [1.82, 2.24) is 10.6 Å². The van der Waals surface area contributed by atoms with Crippen molar-refractivity contribution in [2.24, 2.45) is 0 Å². The highest BCUT2D eigenvalue weighted by atomic mass is 16.5. The fourth-order valence-corrected chi connectivity index (χ4v) is 1.24. The predicted octanol–water partition coefficient (Wildman–Crippen LogP) is -0.0621. The molecule has 0 spiro atoms. The molecular weight excluding hydrogens is 240 g/mol. The van der Waals surface area contributed by atoms with Gasteiger partial charge in [0.1, 0.15) is 0 Å². The fourth-order valence-electron chi connectivity index (χ4n) is 1.24. The van der Waals surface area contributed by atoms with Gasteiger partial charge in [0.15, 0.2) is 0 Å². The van der Waals surface area contributed by atoms with E-state index < -0.39 is 24.0 Å². The third kappa shape index (κ3) is 9.86. The smallest absolute Gasteiger partial charge is 0.314 e. The molecule has 7 heteroatoms. The van der Waals surface area contributed by atoms with Crippen LogP contribution in [-0.4, -0.2) is 54.1 Å². The molecule has 0 aliphatic rings. The molecule has 0 aliphatic carbocycles. The Balaban J connectivity index is 3.66. The molecule has 1 atom stereocenters. The minimum absolute atomic E-state index is 0.114. The lowest BCUT2D eigenvalue weighted by atomic mass is 10.0. The second-order valence-corrected chi connectivity index (χ2v) is 4.23. The largest absolute Gasteiger partial charge is 0.481 e. The molecule has 0 saturated heterocycles. The van der Waals surface area contributed by atoms with E-state index in [1.807, 2.05) is 6.92 Å². The molecule has 0 bridgehead atoms. The topological polar surface area (TPSA) is 108 Å². The number of carboxylic acid groups (broad SMARTS) is 1. The molecule has 1 unspecified atom stereocenters. The molecule has 18 heavy (non-hydrogen) atoms. The van der Waals surface area contributed by atoms with E-state index in [4.69, 9.17) is 9.84 Å². The molecule has 0 saturated carbocycles. The first kappa shape index (κ1) is 16.7. The van der Waals surface area contributed by atoms with Gasteiger partial charge in [-0.15, -0.1) is 0 Å². The lowest BCUT2D eigenvalue weighted by Crippen LogP contribution is -2.46. The first-order valence-electron chi connectivity index (χ1n) is 5.91. The highest BCUT2D eigenvalue weighted by molar-refractivity contribution is 5.74. The summed E-state index contributed by atoms with van der Waals surface area (Å²) in [5, 5.41) is 23.2. The predicted molar refractivity (Wildman–Crippen MR) is 65.4 cm³/mol. The van der Waals surface area contributed by atoms with Crippen LogP contribution < -0.4 is 10.6 Å². The van der Waals surface area contributed by atoms with Crippen LogP contribution in [0, 0.1) is 0 Å². The van der Waals surface area contributed by atoms with E-state index in [9.17, 15) is 14.7 Å². The van der Waals surface area contributed by atoms with Gasteiger partial charge in [-0.3, -0.25) is 4.79 Å². The van der Waals surface area contributed by atoms with Gasteiger partial charge in [-0.05, 0) is 20.3 Å². The summed E-state index contributed by atoms with van der Waals surface area (Å²) in [5.74, 6) is -1.11. The van der Waals surface area contributed by atoms with Crippen LogP contribution >= 0.6 is 0 Å². The van der Waals surface area contributed by atoms with Crippen molar-refractivity contribution >= 4 is 12.0 Å². The van der Waals surface area contributed by atoms with Crippen molar-refractivity contribution in [3.8, 4) is 0 Å². The quantitative estimate of drug-likeness (QED) is 0.435. The van der Waals surface area contributed by atoms with E-state index in [1.54, 1.807) is 0 Å². The number of carboxylic acids is 1. The van der Waals surface area contributed by atoms with Gasteiger partial charge in [-0.2, -0.15) is 0 Å². The lowest BCUT2D eigenvalue weighted by molar-refractivity contribution is -0.141. The number of ether oxygens (including phenoxy) is 1. The van der Waals surface area contributed by atoms with E-state index in [0.717, 1.165) is 0 Å². The highest BCUT2D eigenvalue weighted by Gasteiger charge is 2.24. The monoisotopic (exact) mass is 262 g/mol. The van der Waals surface area contributed by atoms with Crippen LogP contribution in [0.4, 0.5) is 4.79 Å². The van der Waals surface area contributed by atoms with Crippen molar-refractivity contribution in [2.75, 3.05) is 26.3 Å². The Morgan fingerprint density at radius 3 is 2.56 bits per heavy atom. The van der Waals surface area contributed by atoms with Gasteiger partial charge in [0, 0.05) is 26.3 Å². The number of urea groups is 1. The van der Waals surface area contributed by atoms with Gasteiger partial charge in [-0.1, -0.05) is 0 Å². The molecule has 2 amide bonds. The maximum atomic E-state index is 11.3. The van der Waals surface area contributed by atoms with E-state index in [-0.39, 0.29) is 6.54 Å². The van der Waals surface area contributed by atoms with Crippen LogP contribution in [0.25, 0.3) is 0 Å². The first-order chi connectivity index (χ1) is 8.37. The molecule has 0 rings (SSSR count). The Labute approximate surface area is 107 Å². The highest BCUT2D eigenvalue weighted by Crippen LogP contribution is 2.06. The number of hydrogen-bond donors (Lipinski definition) is 4. The number of hydrogen-bond acceptors (Lipinski definition) is 4. The minimum atomic E-state index is -1.45. The minimum Gasteiger partial charge on any atom is -0.481 e. The molecule has 7 nitrogen and oxygen atoms in total. The molecule has 0 aromatic heterocycles. The number of carbonyl (C=O) groups excluding carboxylic acids is 1. The zero-order valence-corrected chi connectivity index (χ0v) is 10.9. The summed E-state index contributed by atoms with van der Waals surface area (Å²) >= 11 is 0. The van der Waals surface area contributed by atoms with Crippen LogP contribution in [0.5, 0.6) is 0 Å².